The van der Waals surface area contributed by atoms with E-state index in [4.69, 9.17) is 4.18 Å². The number of hydrogen-bond donors (Lipinski definition) is 1. The van der Waals surface area contributed by atoms with Gasteiger partial charge < -0.3 is 13.8 Å². The Morgan fingerprint density at radius 1 is 1.20 bits per heavy atom. The van der Waals surface area contributed by atoms with Crippen LogP contribution in [0.2, 0.25) is 0 Å². The third-order valence-electron chi connectivity index (χ3n) is 3.25. The summed E-state index contributed by atoms with van der Waals surface area (Å²) in [6.45, 7) is 0. The summed E-state index contributed by atoms with van der Waals surface area (Å²) in [5.41, 5.74) is 0.641. The molecule has 0 unspecified atom stereocenters. The molecular formula is C16H15N3O4S2. The fraction of sp³-hybridized carbons (Fsp3) is 0.125. The van der Waals surface area contributed by atoms with Gasteiger partial charge in [0.2, 0.25) is 0 Å². The monoisotopic (exact) mass is 377 g/mol. The van der Waals surface area contributed by atoms with Crippen molar-refractivity contribution < 1.29 is 17.4 Å². The summed E-state index contributed by atoms with van der Waals surface area (Å²) < 4.78 is 30.2. The van der Waals surface area contributed by atoms with Crippen molar-refractivity contribution in [1.29, 1.82) is 0 Å². The second kappa shape index (κ2) is 6.77. The highest BCUT2D eigenvalue weighted by atomic mass is 32.2. The molecule has 0 aliphatic carbocycles. The van der Waals surface area contributed by atoms with E-state index in [-0.39, 0.29) is 11.5 Å². The van der Waals surface area contributed by atoms with Crippen molar-refractivity contribution in [3.8, 4) is 0 Å². The number of hydrogen-bond acceptors (Lipinski definition) is 7. The van der Waals surface area contributed by atoms with E-state index >= 15 is 0 Å². The van der Waals surface area contributed by atoms with E-state index in [1.165, 1.54) is 11.9 Å². The summed E-state index contributed by atoms with van der Waals surface area (Å²) >= 11 is 1.31. The highest BCUT2D eigenvalue weighted by molar-refractivity contribution is 7.97. The van der Waals surface area contributed by atoms with Crippen molar-refractivity contribution in [2.24, 2.45) is 0 Å². The number of pyridine rings is 1. The van der Waals surface area contributed by atoms with Gasteiger partial charge in [-0.05, 0) is 36.2 Å². The second-order valence-electron chi connectivity index (χ2n) is 5.22. The molecule has 0 fully saturated rings. The molecule has 0 atom stereocenters. The second-order valence-corrected chi connectivity index (χ2v) is 7.96. The van der Waals surface area contributed by atoms with Crippen LogP contribution in [0.1, 0.15) is 5.56 Å². The number of nitrogens with one attached hydrogen (secondary N) is 1. The molecule has 1 aliphatic rings. The summed E-state index contributed by atoms with van der Waals surface area (Å²) in [5.74, 6) is -0.161. The number of aromatic nitrogens is 1. The summed E-state index contributed by atoms with van der Waals surface area (Å²) in [6, 6.07) is 12.2. The number of nitrogens with zero attached hydrogens (tertiary/aromatic N) is 2. The minimum absolute atomic E-state index is 0.00668. The maximum atomic E-state index is 12.7. The molecule has 2 heterocycles. The van der Waals surface area contributed by atoms with E-state index in [2.05, 4.69) is 10.3 Å². The van der Waals surface area contributed by atoms with E-state index in [1.807, 2.05) is 12.1 Å². The van der Waals surface area contributed by atoms with E-state index < -0.39 is 16.0 Å². The largest absolute Gasteiger partial charge is 0.379 e. The number of rotatable bonds is 4. The molecule has 1 aliphatic heterocycles. The first kappa shape index (κ1) is 17.3. The van der Waals surface area contributed by atoms with Crippen molar-refractivity contribution in [2.75, 3.05) is 18.6 Å². The number of fused-ring (bicyclic) bond motifs is 1. The highest BCUT2D eigenvalue weighted by Gasteiger charge is 2.31. The lowest BCUT2D eigenvalue weighted by molar-refractivity contribution is -0.113. The molecule has 0 radical (unpaired) electrons. The smallest absolute Gasteiger partial charge is 0.306 e. The van der Waals surface area contributed by atoms with Gasteiger partial charge in [0.1, 0.15) is 5.82 Å². The van der Waals surface area contributed by atoms with Crippen LogP contribution in [0.4, 0.5) is 5.82 Å². The van der Waals surface area contributed by atoms with Gasteiger partial charge in [-0.15, -0.1) is 0 Å². The summed E-state index contributed by atoms with van der Waals surface area (Å²) in [7, 11) is -2.15. The Morgan fingerprint density at radius 2 is 1.92 bits per heavy atom. The standard InChI is InChI=1S/C16H15N3O4S2/c1-19-14(16(20)18-13-9-5-6-10-17-13)15(23-25(2,21)22)11-7-3-4-8-12(11)24-19/h3-10H,1-2H3,(H,17,18,20). The highest BCUT2D eigenvalue weighted by Crippen LogP contribution is 2.41. The molecule has 2 aromatic rings. The number of anilines is 1. The van der Waals surface area contributed by atoms with E-state index in [0.29, 0.717) is 11.4 Å². The number of amides is 1. The van der Waals surface area contributed by atoms with Crippen LogP contribution >= 0.6 is 11.9 Å². The Hall–Kier alpha value is -2.52. The quantitative estimate of drug-likeness (QED) is 0.646. The van der Waals surface area contributed by atoms with Gasteiger partial charge in [0, 0.05) is 23.7 Å². The van der Waals surface area contributed by atoms with E-state index in [9.17, 15) is 13.2 Å². The lowest BCUT2D eigenvalue weighted by atomic mass is 10.1. The van der Waals surface area contributed by atoms with Gasteiger partial charge in [0.05, 0.1) is 6.26 Å². The van der Waals surface area contributed by atoms with Crippen molar-refractivity contribution in [1.82, 2.24) is 9.29 Å². The van der Waals surface area contributed by atoms with Gasteiger partial charge in [-0.25, -0.2) is 4.98 Å². The van der Waals surface area contributed by atoms with Crippen LogP contribution < -0.4 is 5.32 Å². The molecule has 1 aromatic heterocycles. The maximum Gasteiger partial charge on any atom is 0.306 e. The van der Waals surface area contributed by atoms with Crippen molar-refractivity contribution >= 4 is 39.6 Å². The van der Waals surface area contributed by atoms with Crippen molar-refractivity contribution in [2.45, 2.75) is 4.90 Å². The molecule has 1 N–H and O–H groups in total. The number of likely N-dealkylation sites (N-methyl/N-ethyl adjacent to an activating group) is 1. The lowest BCUT2D eigenvalue weighted by Crippen LogP contribution is -2.28. The fourth-order valence-electron chi connectivity index (χ4n) is 2.29. The maximum absolute atomic E-state index is 12.7. The van der Waals surface area contributed by atoms with Crippen LogP contribution in [0.25, 0.3) is 5.76 Å². The van der Waals surface area contributed by atoms with Crippen LogP contribution in [0.5, 0.6) is 0 Å². The Morgan fingerprint density at radius 3 is 2.60 bits per heavy atom. The summed E-state index contributed by atoms with van der Waals surface area (Å²) in [4.78, 5) is 17.6. The van der Waals surface area contributed by atoms with E-state index in [1.54, 1.807) is 47.9 Å². The molecular weight excluding hydrogens is 362 g/mol. The molecule has 0 bridgehead atoms. The summed E-state index contributed by atoms with van der Waals surface area (Å²) in [5, 5.41) is 2.65. The Labute approximate surface area is 150 Å². The molecule has 1 aromatic carbocycles. The topological polar surface area (TPSA) is 88.6 Å². The molecule has 1 amide bonds. The van der Waals surface area contributed by atoms with Gasteiger partial charge in [-0.3, -0.25) is 4.79 Å². The first-order valence-electron chi connectivity index (χ1n) is 7.22. The molecule has 25 heavy (non-hydrogen) atoms. The van der Waals surface area contributed by atoms with Crippen LogP contribution in [0, 0.1) is 0 Å². The average molecular weight is 377 g/mol. The fourth-order valence-corrected chi connectivity index (χ4v) is 3.71. The lowest BCUT2D eigenvalue weighted by Gasteiger charge is -2.29. The third kappa shape index (κ3) is 3.94. The zero-order valence-electron chi connectivity index (χ0n) is 13.5. The SMILES string of the molecule is CN1Sc2ccccc2C(OS(C)(=O)=O)=C1C(=O)Nc1ccccn1. The molecule has 130 valence electrons. The average Bonchev–Trinajstić information content (AvgIpc) is 2.54. The van der Waals surface area contributed by atoms with Crippen LogP contribution in [0.3, 0.4) is 0 Å². The first-order chi connectivity index (χ1) is 11.8. The molecule has 0 spiro atoms. The normalized spacial score (nSPS) is 14.1. The third-order valence-corrected chi connectivity index (χ3v) is 4.73. The van der Waals surface area contributed by atoms with Crippen LogP contribution in [-0.4, -0.2) is 36.9 Å². The Bertz CT molecular complexity index is 943. The molecule has 0 saturated heterocycles. The number of carbonyl (C=O) groups excluding carboxylic acids is 1. The molecule has 0 saturated carbocycles. The summed E-state index contributed by atoms with van der Waals surface area (Å²) in [6.07, 6.45) is 2.49. The van der Waals surface area contributed by atoms with Gasteiger partial charge in [-0.1, -0.05) is 18.2 Å². The predicted molar refractivity (Wildman–Crippen MR) is 95.8 cm³/mol. The zero-order chi connectivity index (χ0) is 18.0. The predicted octanol–water partition coefficient (Wildman–Crippen LogP) is 2.32. The zero-order valence-corrected chi connectivity index (χ0v) is 15.1. The minimum Gasteiger partial charge on any atom is -0.379 e. The van der Waals surface area contributed by atoms with E-state index in [0.717, 1.165) is 11.2 Å². The number of carbonyl (C=O) groups is 1. The molecule has 7 nitrogen and oxygen atoms in total. The van der Waals surface area contributed by atoms with Gasteiger partial charge in [0.15, 0.2) is 11.5 Å². The first-order valence-corrected chi connectivity index (χ1v) is 9.81. The van der Waals surface area contributed by atoms with Gasteiger partial charge in [0.25, 0.3) is 5.91 Å². The Kier molecular flexibility index (Phi) is 4.69. The van der Waals surface area contributed by atoms with Crippen LogP contribution in [0.15, 0.2) is 59.3 Å². The molecule has 9 heteroatoms. The molecule has 3 rings (SSSR count). The van der Waals surface area contributed by atoms with Crippen molar-refractivity contribution in [3.05, 3.63) is 59.9 Å². The number of benzene rings is 1. The van der Waals surface area contributed by atoms with Crippen LogP contribution in [-0.2, 0) is 19.1 Å². The van der Waals surface area contributed by atoms with Gasteiger partial charge in [-0.2, -0.15) is 8.42 Å². The van der Waals surface area contributed by atoms with Crippen molar-refractivity contribution in [3.63, 3.8) is 0 Å². The Balaban J connectivity index is 2.08. The minimum atomic E-state index is -3.82. The van der Waals surface area contributed by atoms with Gasteiger partial charge >= 0.3 is 10.1 Å².